The van der Waals surface area contributed by atoms with Crippen molar-refractivity contribution in [3.05, 3.63) is 59.7 Å². The number of benzene rings is 2. The second kappa shape index (κ2) is 5.00. The summed E-state index contributed by atoms with van der Waals surface area (Å²) in [7, 11) is -3.64. The fourth-order valence-electron chi connectivity index (χ4n) is 2.54. The number of hydrogen-bond acceptors (Lipinski definition) is 3. The molecule has 0 saturated heterocycles. The molecule has 0 saturated carbocycles. The zero-order valence-corrected chi connectivity index (χ0v) is 12.4. The van der Waals surface area contributed by atoms with Crippen LogP contribution in [-0.4, -0.2) is 20.7 Å². The van der Waals surface area contributed by atoms with Crippen LogP contribution < -0.4 is 4.31 Å². The van der Waals surface area contributed by atoms with E-state index < -0.39 is 10.0 Å². The second-order valence-corrected chi connectivity index (χ2v) is 6.95. The van der Waals surface area contributed by atoms with Crippen molar-refractivity contribution in [3.8, 4) is 0 Å². The molecule has 108 valence electrons. The first kappa shape index (κ1) is 13.8. The third-order valence-corrected chi connectivity index (χ3v) is 5.40. The number of fused-ring (bicyclic) bond motifs is 1. The molecule has 0 atom stereocenters. The first-order valence-electron chi connectivity index (χ1n) is 6.72. The maximum absolute atomic E-state index is 12.8. The summed E-state index contributed by atoms with van der Waals surface area (Å²) in [6, 6.07) is 13.7. The smallest absolute Gasteiger partial charge is 0.264 e. The molecular formula is C16H15NO3S. The van der Waals surface area contributed by atoms with E-state index in [1.54, 1.807) is 42.5 Å². The SMILES string of the molecule is Cc1cccc(S(=O)(=O)N2CCC(=O)c3ccccc32)c1. The molecule has 1 heterocycles. The zero-order valence-electron chi connectivity index (χ0n) is 11.6. The number of nitrogens with zero attached hydrogens (tertiary/aromatic N) is 1. The van der Waals surface area contributed by atoms with Gasteiger partial charge in [0, 0.05) is 18.5 Å². The van der Waals surface area contributed by atoms with Crippen LogP contribution in [0.2, 0.25) is 0 Å². The fraction of sp³-hybridized carbons (Fsp3) is 0.188. The van der Waals surface area contributed by atoms with Crippen LogP contribution in [0.15, 0.2) is 53.4 Å². The van der Waals surface area contributed by atoms with Crippen LogP contribution in [0.25, 0.3) is 0 Å². The van der Waals surface area contributed by atoms with Crippen LogP contribution in [0.5, 0.6) is 0 Å². The average Bonchev–Trinajstić information content (AvgIpc) is 2.47. The lowest BCUT2D eigenvalue weighted by Crippen LogP contribution is -2.37. The van der Waals surface area contributed by atoms with Crippen molar-refractivity contribution in [2.24, 2.45) is 0 Å². The normalized spacial score (nSPS) is 14.9. The number of carbonyl (C=O) groups excluding carboxylic acids is 1. The summed E-state index contributed by atoms with van der Waals surface area (Å²) in [6.45, 7) is 2.04. The molecule has 2 aromatic rings. The molecule has 0 aromatic heterocycles. The van der Waals surface area contributed by atoms with Gasteiger partial charge in [0.05, 0.1) is 10.6 Å². The highest BCUT2D eigenvalue weighted by molar-refractivity contribution is 7.92. The van der Waals surface area contributed by atoms with Gasteiger partial charge in [0.2, 0.25) is 0 Å². The molecule has 0 spiro atoms. The van der Waals surface area contributed by atoms with Crippen molar-refractivity contribution in [2.45, 2.75) is 18.2 Å². The van der Waals surface area contributed by atoms with Crippen LogP contribution in [0.3, 0.4) is 0 Å². The molecule has 1 aliphatic rings. The largest absolute Gasteiger partial charge is 0.294 e. The lowest BCUT2D eigenvalue weighted by molar-refractivity contribution is 0.0982. The molecule has 0 bridgehead atoms. The minimum Gasteiger partial charge on any atom is -0.294 e. The minimum absolute atomic E-state index is 0.0127. The predicted octanol–water partition coefficient (Wildman–Crippen LogP) is 2.78. The Bertz CT molecular complexity index is 812. The third kappa shape index (κ3) is 2.34. The van der Waals surface area contributed by atoms with E-state index in [1.165, 1.54) is 4.31 Å². The summed E-state index contributed by atoms with van der Waals surface area (Å²) in [6.07, 6.45) is 0.210. The van der Waals surface area contributed by atoms with Crippen LogP contribution in [-0.2, 0) is 10.0 Å². The lowest BCUT2D eigenvalue weighted by atomic mass is 10.0. The van der Waals surface area contributed by atoms with Gasteiger partial charge >= 0.3 is 0 Å². The molecule has 0 amide bonds. The summed E-state index contributed by atoms with van der Waals surface area (Å²) in [4.78, 5) is 12.2. The highest BCUT2D eigenvalue weighted by Crippen LogP contribution is 2.31. The number of carbonyl (C=O) groups is 1. The van der Waals surface area contributed by atoms with Crippen molar-refractivity contribution in [3.63, 3.8) is 0 Å². The van der Waals surface area contributed by atoms with E-state index in [0.717, 1.165) is 5.56 Å². The van der Waals surface area contributed by atoms with Crippen LogP contribution >= 0.6 is 0 Å². The molecule has 0 radical (unpaired) electrons. The monoisotopic (exact) mass is 301 g/mol. The van der Waals surface area contributed by atoms with E-state index in [1.807, 2.05) is 13.0 Å². The van der Waals surface area contributed by atoms with Gasteiger partial charge in [-0.25, -0.2) is 8.42 Å². The molecule has 0 unspecified atom stereocenters. The summed E-state index contributed by atoms with van der Waals surface area (Å²) in [5.74, 6) is -0.0127. The zero-order chi connectivity index (χ0) is 15.0. The molecule has 5 heteroatoms. The summed E-state index contributed by atoms with van der Waals surface area (Å²) in [5, 5.41) is 0. The van der Waals surface area contributed by atoms with Gasteiger partial charge in [0.1, 0.15) is 0 Å². The van der Waals surface area contributed by atoms with Crippen LogP contribution in [0.1, 0.15) is 22.3 Å². The number of anilines is 1. The Balaban J connectivity index is 2.13. The van der Waals surface area contributed by atoms with E-state index in [9.17, 15) is 13.2 Å². The molecule has 0 fully saturated rings. The quantitative estimate of drug-likeness (QED) is 0.857. The van der Waals surface area contributed by atoms with E-state index >= 15 is 0 Å². The second-order valence-electron chi connectivity index (χ2n) is 5.08. The van der Waals surface area contributed by atoms with Gasteiger partial charge in [-0.2, -0.15) is 0 Å². The minimum atomic E-state index is -3.64. The molecule has 2 aromatic carbocycles. The molecule has 4 nitrogen and oxygen atoms in total. The van der Waals surface area contributed by atoms with E-state index in [4.69, 9.17) is 0 Å². The third-order valence-electron chi connectivity index (χ3n) is 3.59. The topological polar surface area (TPSA) is 54.5 Å². The summed E-state index contributed by atoms with van der Waals surface area (Å²) in [5.41, 5.74) is 1.83. The highest BCUT2D eigenvalue weighted by Gasteiger charge is 2.31. The van der Waals surface area contributed by atoms with E-state index in [2.05, 4.69) is 0 Å². The van der Waals surface area contributed by atoms with Crippen molar-refractivity contribution in [2.75, 3.05) is 10.8 Å². The van der Waals surface area contributed by atoms with Crippen molar-refractivity contribution >= 4 is 21.5 Å². The van der Waals surface area contributed by atoms with Gasteiger partial charge in [0.15, 0.2) is 5.78 Å². The Morgan fingerprint density at radius 3 is 2.57 bits per heavy atom. The molecule has 21 heavy (non-hydrogen) atoms. The first-order chi connectivity index (χ1) is 10.00. The van der Waals surface area contributed by atoms with Crippen LogP contribution in [0, 0.1) is 6.92 Å². The van der Waals surface area contributed by atoms with Gasteiger partial charge < -0.3 is 0 Å². The first-order valence-corrected chi connectivity index (χ1v) is 8.16. The maximum atomic E-state index is 12.8. The standard InChI is InChI=1S/C16H15NO3S/c1-12-5-4-6-13(11-12)21(19,20)17-10-9-16(18)14-7-2-3-8-15(14)17/h2-8,11H,9-10H2,1H3. The number of Topliss-reactive ketones (excluding diaryl/α,β-unsaturated/α-hetero) is 1. The Labute approximate surface area is 124 Å². The average molecular weight is 301 g/mol. The Hall–Kier alpha value is -2.14. The maximum Gasteiger partial charge on any atom is 0.264 e. The van der Waals surface area contributed by atoms with Gasteiger partial charge in [-0.1, -0.05) is 24.3 Å². The van der Waals surface area contributed by atoms with Gasteiger partial charge in [-0.3, -0.25) is 9.10 Å². The molecule has 1 aliphatic heterocycles. The van der Waals surface area contributed by atoms with Crippen molar-refractivity contribution in [1.29, 1.82) is 0 Å². The number of para-hydroxylation sites is 1. The Morgan fingerprint density at radius 1 is 1.05 bits per heavy atom. The van der Waals surface area contributed by atoms with Crippen molar-refractivity contribution in [1.82, 2.24) is 0 Å². The number of sulfonamides is 1. The van der Waals surface area contributed by atoms with Gasteiger partial charge in [-0.05, 0) is 36.8 Å². The molecule has 0 N–H and O–H groups in total. The molecule has 0 aliphatic carbocycles. The fourth-order valence-corrected chi connectivity index (χ4v) is 4.13. The number of hydrogen-bond donors (Lipinski definition) is 0. The van der Waals surface area contributed by atoms with E-state index in [-0.39, 0.29) is 23.6 Å². The highest BCUT2D eigenvalue weighted by atomic mass is 32.2. The van der Waals surface area contributed by atoms with Crippen molar-refractivity contribution < 1.29 is 13.2 Å². The Kier molecular flexibility index (Phi) is 3.29. The number of rotatable bonds is 2. The molecular weight excluding hydrogens is 286 g/mol. The predicted molar refractivity (Wildman–Crippen MR) is 81.1 cm³/mol. The van der Waals surface area contributed by atoms with E-state index in [0.29, 0.717) is 11.3 Å². The lowest BCUT2D eigenvalue weighted by Gasteiger charge is -2.29. The number of ketones is 1. The number of aryl methyl sites for hydroxylation is 1. The molecule has 3 rings (SSSR count). The van der Waals surface area contributed by atoms with Gasteiger partial charge in [0.25, 0.3) is 10.0 Å². The summed E-state index contributed by atoms with van der Waals surface area (Å²) >= 11 is 0. The van der Waals surface area contributed by atoms with Crippen LogP contribution in [0.4, 0.5) is 5.69 Å². The Morgan fingerprint density at radius 2 is 1.81 bits per heavy atom. The summed E-state index contributed by atoms with van der Waals surface area (Å²) < 4.78 is 27.0. The van der Waals surface area contributed by atoms with Gasteiger partial charge in [-0.15, -0.1) is 0 Å².